The molecular formula is C19H38ClNO4. The van der Waals surface area contributed by atoms with E-state index in [2.05, 4.69) is 0 Å². The van der Waals surface area contributed by atoms with E-state index >= 15 is 0 Å². The molecule has 0 bridgehead atoms. The van der Waals surface area contributed by atoms with Crippen LogP contribution in [0.25, 0.3) is 0 Å². The number of hydrogen-bond acceptors (Lipinski definition) is 4. The molecule has 0 saturated carbocycles. The van der Waals surface area contributed by atoms with Crippen LogP contribution in [0.2, 0.25) is 0 Å². The smallest absolute Gasteiger partial charge is 0.306 e. The van der Waals surface area contributed by atoms with Gasteiger partial charge in [-0.2, -0.15) is 0 Å². The normalized spacial score (nSPS) is 14.6. The highest BCUT2D eigenvalue weighted by Crippen LogP contribution is 2.12. The van der Waals surface area contributed by atoms with Crippen LogP contribution in [-0.4, -0.2) is 50.2 Å². The standard InChI is InChI=1S/C19H37NO4.ClH/c1-5-6-7-8-9-10-11-12-13-14-19(23)24-17(15-18(21)22)16-20(2,3)4;/h17H,5-16H2,1-4H3;1H/i1D3;. The molecule has 5 nitrogen and oxygen atoms in total. The highest BCUT2D eigenvalue weighted by molar-refractivity contribution is 5.85. The molecule has 0 aromatic heterocycles. The number of ether oxygens (including phenoxy) is 1. The van der Waals surface area contributed by atoms with Crippen LogP contribution in [0.5, 0.6) is 0 Å². The van der Waals surface area contributed by atoms with Gasteiger partial charge in [-0.15, -0.1) is 12.4 Å². The molecule has 0 aliphatic carbocycles. The van der Waals surface area contributed by atoms with E-state index in [-0.39, 0.29) is 24.8 Å². The van der Waals surface area contributed by atoms with E-state index in [1.54, 1.807) is 0 Å². The highest BCUT2D eigenvalue weighted by Gasteiger charge is 2.22. The summed E-state index contributed by atoms with van der Waals surface area (Å²) in [4.78, 5) is 22.7. The number of nitrogens with zero attached hydrogens (tertiary/aromatic N) is 1. The van der Waals surface area contributed by atoms with Crippen LogP contribution in [0.1, 0.15) is 81.6 Å². The number of quaternary nitrogens is 1. The van der Waals surface area contributed by atoms with Gasteiger partial charge in [0.2, 0.25) is 0 Å². The van der Waals surface area contributed by atoms with E-state index in [4.69, 9.17) is 8.85 Å². The van der Waals surface area contributed by atoms with Gasteiger partial charge in [-0.1, -0.05) is 58.2 Å². The largest absolute Gasteiger partial charge is 0.550 e. The highest BCUT2D eigenvalue weighted by atomic mass is 35.5. The summed E-state index contributed by atoms with van der Waals surface area (Å²) in [7, 11) is 5.75. The summed E-state index contributed by atoms with van der Waals surface area (Å²) < 4.78 is 27.2. The van der Waals surface area contributed by atoms with Gasteiger partial charge >= 0.3 is 5.97 Å². The van der Waals surface area contributed by atoms with E-state index in [1.807, 2.05) is 21.1 Å². The number of rotatable bonds is 15. The first-order valence-corrected chi connectivity index (χ1v) is 9.09. The maximum absolute atomic E-state index is 11.9. The molecule has 0 spiro atoms. The van der Waals surface area contributed by atoms with E-state index < -0.39 is 18.9 Å². The molecule has 150 valence electrons. The number of carbonyl (C=O) groups is 2. The van der Waals surface area contributed by atoms with Crippen molar-refractivity contribution in [1.29, 1.82) is 0 Å². The molecule has 0 fully saturated rings. The van der Waals surface area contributed by atoms with Gasteiger partial charge in [-0.25, -0.2) is 0 Å². The summed E-state index contributed by atoms with van der Waals surface area (Å²) in [5.74, 6) is -1.56. The first-order valence-electron chi connectivity index (χ1n) is 10.6. The van der Waals surface area contributed by atoms with Crippen molar-refractivity contribution in [3.63, 3.8) is 0 Å². The van der Waals surface area contributed by atoms with Gasteiger partial charge in [-0.3, -0.25) is 4.79 Å². The lowest BCUT2D eigenvalue weighted by Gasteiger charge is -2.29. The molecule has 0 aliphatic rings. The van der Waals surface area contributed by atoms with Gasteiger partial charge in [0.15, 0.2) is 6.10 Å². The number of carboxylic acids is 1. The van der Waals surface area contributed by atoms with E-state index in [0.29, 0.717) is 23.9 Å². The first kappa shape index (κ1) is 20.5. The topological polar surface area (TPSA) is 66.4 Å². The lowest BCUT2D eigenvalue weighted by atomic mass is 10.1. The number of esters is 1. The number of unbranched alkanes of at least 4 members (excludes halogenated alkanes) is 7. The molecule has 0 aromatic carbocycles. The van der Waals surface area contributed by atoms with Crippen molar-refractivity contribution in [3.8, 4) is 0 Å². The number of likely N-dealkylation sites (N-methyl/N-ethyl adjacent to an activating group) is 1. The minimum absolute atomic E-state index is 0. The van der Waals surface area contributed by atoms with E-state index in [0.717, 1.165) is 51.4 Å². The molecule has 1 unspecified atom stereocenters. The lowest BCUT2D eigenvalue weighted by Crippen LogP contribution is -2.45. The fraction of sp³-hybridized carbons (Fsp3) is 0.895. The predicted molar refractivity (Wildman–Crippen MR) is 101 cm³/mol. The molecule has 0 aliphatic heterocycles. The van der Waals surface area contributed by atoms with Crippen LogP contribution in [-0.2, 0) is 14.3 Å². The van der Waals surface area contributed by atoms with E-state index in [9.17, 15) is 14.7 Å². The Morgan fingerprint density at radius 3 is 2.00 bits per heavy atom. The van der Waals surface area contributed by atoms with E-state index in [1.165, 1.54) is 0 Å². The molecule has 25 heavy (non-hydrogen) atoms. The van der Waals surface area contributed by atoms with Gasteiger partial charge in [0, 0.05) is 22.9 Å². The van der Waals surface area contributed by atoms with Crippen LogP contribution in [0.4, 0.5) is 0 Å². The van der Waals surface area contributed by atoms with Crippen LogP contribution in [0, 0.1) is 0 Å². The van der Waals surface area contributed by atoms with Crippen molar-refractivity contribution < 1.29 is 28.0 Å². The Balaban J connectivity index is 0. The zero-order valence-electron chi connectivity index (χ0n) is 19.1. The van der Waals surface area contributed by atoms with Crippen molar-refractivity contribution in [3.05, 3.63) is 0 Å². The summed E-state index contributed by atoms with van der Waals surface area (Å²) in [6.45, 7) is -1.37. The molecule has 0 amide bonds. The SMILES string of the molecule is Cl.[2H]C([2H])([2H])CCCCCCCCCCC(=O)OC(CC(=O)[O-])C[N+](C)(C)C. The second kappa shape index (κ2) is 15.4. The summed E-state index contributed by atoms with van der Waals surface area (Å²) in [6.07, 6.45) is 7.30. The van der Waals surface area contributed by atoms with Crippen LogP contribution in [0.3, 0.4) is 0 Å². The summed E-state index contributed by atoms with van der Waals surface area (Å²) >= 11 is 0. The van der Waals surface area contributed by atoms with Crippen molar-refractivity contribution in [1.82, 2.24) is 0 Å². The van der Waals surface area contributed by atoms with Crippen LogP contribution < -0.4 is 5.11 Å². The molecular weight excluding hydrogens is 342 g/mol. The second-order valence-electron chi connectivity index (χ2n) is 7.49. The third-order valence-electron chi connectivity index (χ3n) is 3.75. The molecule has 0 N–H and O–H groups in total. The van der Waals surface area contributed by atoms with Gasteiger partial charge in [-0.05, 0) is 6.42 Å². The summed E-state index contributed by atoms with van der Waals surface area (Å²) in [5, 5.41) is 10.8. The Morgan fingerprint density at radius 2 is 1.52 bits per heavy atom. The molecule has 0 radical (unpaired) electrons. The monoisotopic (exact) mass is 382 g/mol. The molecule has 0 saturated heterocycles. The molecule has 0 rings (SSSR count). The minimum atomic E-state index is -1.81. The number of carboxylic acid groups (broad SMARTS) is 1. The van der Waals surface area contributed by atoms with Crippen molar-refractivity contribution in [2.45, 2.75) is 83.6 Å². The average molecular weight is 383 g/mol. The fourth-order valence-electron chi connectivity index (χ4n) is 2.64. The van der Waals surface area contributed by atoms with Crippen LogP contribution in [0.15, 0.2) is 0 Å². The van der Waals surface area contributed by atoms with Gasteiger partial charge in [0.05, 0.1) is 21.1 Å². The Labute approximate surface area is 164 Å². The molecule has 0 heterocycles. The zero-order chi connectivity index (χ0) is 20.9. The van der Waals surface area contributed by atoms with Crippen LogP contribution >= 0.6 is 12.4 Å². The quantitative estimate of drug-likeness (QED) is 0.248. The number of halogens is 1. The zero-order valence-corrected chi connectivity index (χ0v) is 16.9. The molecule has 6 heteroatoms. The summed E-state index contributed by atoms with van der Waals surface area (Å²) in [6, 6.07) is 0. The average Bonchev–Trinajstić information content (AvgIpc) is 2.45. The Hall–Kier alpha value is -0.810. The Kier molecular flexibility index (Phi) is 12.7. The molecule has 1 atom stereocenters. The van der Waals surface area contributed by atoms with Crippen molar-refractivity contribution in [2.75, 3.05) is 27.7 Å². The number of aliphatic carboxylic acids is 1. The third kappa shape index (κ3) is 19.4. The van der Waals surface area contributed by atoms with Crippen molar-refractivity contribution >= 4 is 24.3 Å². The Bertz CT molecular complexity index is 440. The maximum Gasteiger partial charge on any atom is 0.306 e. The molecule has 0 aromatic rings. The fourth-order valence-corrected chi connectivity index (χ4v) is 2.64. The third-order valence-corrected chi connectivity index (χ3v) is 3.75. The lowest BCUT2D eigenvalue weighted by molar-refractivity contribution is -0.873. The summed E-state index contributed by atoms with van der Waals surface area (Å²) in [5.41, 5.74) is 0. The van der Waals surface area contributed by atoms with Gasteiger partial charge in [0.25, 0.3) is 0 Å². The Morgan fingerprint density at radius 1 is 1.00 bits per heavy atom. The number of hydrogen-bond donors (Lipinski definition) is 0. The minimum Gasteiger partial charge on any atom is -0.550 e. The second-order valence-corrected chi connectivity index (χ2v) is 7.49. The van der Waals surface area contributed by atoms with Crippen molar-refractivity contribution in [2.24, 2.45) is 0 Å². The van der Waals surface area contributed by atoms with Gasteiger partial charge in [0.1, 0.15) is 6.54 Å². The van der Waals surface area contributed by atoms with Gasteiger partial charge < -0.3 is 19.1 Å². The first-order chi connectivity index (χ1) is 12.4. The number of carbonyl (C=O) groups excluding carboxylic acids is 2. The predicted octanol–water partition coefficient (Wildman–Crippen LogP) is 3.09. The maximum atomic E-state index is 11.9.